The van der Waals surface area contributed by atoms with E-state index in [2.05, 4.69) is 0 Å². The molecular weight excluding hydrogens is 222 g/mol. The van der Waals surface area contributed by atoms with Gasteiger partial charge in [0.1, 0.15) is 0 Å². The molecule has 1 aromatic rings. The molecule has 0 N–H and O–H groups in total. The molecule has 0 aliphatic carbocycles. The molecule has 0 saturated heterocycles. The molecule has 0 fully saturated rings. The van der Waals surface area contributed by atoms with E-state index >= 15 is 0 Å². The second-order valence-electron chi connectivity index (χ2n) is 3.88. The molecule has 0 bridgehead atoms. The van der Waals surface area contributed by atoms with Crippen molar-refractivity contribution in [2.45, 2.75) is 32.8 Å². The summed E-state index contributed by atoms with van der Waals surface area (Å²) in [5.74, 6) is -0.291. The quantitative estimate of drug-likeness (QED) is 0.448. The number of hydrogen-bond acceptors (Lipinski definition) is 4. The minimum Gasteiger partial charge on any atom is -0.463 e. The van der Waals surface area contributed by atoms with Crippen LogP contribution in [0.5, 0.6) is 0 Å². The van der Waals surface area contributed by atoms with E-state index in [0.717, 1.165) is 12.0 Å². The van der Waals surface area contributed by atoms with Crippen LogP contribution < -0.4 is 0 Å². The summed E-state index contributed by atoms with van der Waals surface area (Å²) in [6, 6.07) is 6.40. The van der Waals surface area contributed by atoms with Gasteiger partial charge in [-0.15, -0.1) is 0 Å². The van der Waals surface area contributed by atoms with Crippen LogP contribution in [-0.4, -0.2) is 17.0 Å². The first-order valence-electron chi connectivity index (χ1n) is 5.39. The second kappa shape index (κ2) is 5.98. The number of benzene rings is 1. The third kappa shape index (κ3) is 4.63. The summed E-state index contributed by atoms with van der Waals surface area (Å²) in [4.78, 5) is 20.7. The predicted molar refractivity (Wildman–Crippen MR) is 62.6 cm³/mol. The largest absolute Gasteiger partial charge is 0.463 e. The van der Waals surface area contributed by atoms with Gasteiger partial charge >= 0.3 is 5.97 Å². The molecule has 0 aromatic heterocycles. The van der Waals surface area contributed by atoms with E-state index < -0.39 is 4.92 Å². The number of nitrogens with zero attached hydrogens (tertiary/aromatic N) is 1. The molecule has 0 amide bonds. The van der Waals surface area contributed by atoms with Crippen molar-refractivity contribution in [2.75, 3.05) is 0 Å². The van der Waals surface area contributed by atoms with Crippen molar-refractivity contribution >= 4 is 11.7 Å². The summed E-state index contributed by atoms with van der Waals surface area (Å²) in [5, 5.41) is 10.4. The number of aryl methyl sites for hydroxylation is 1. The SMILES string of the molecule is CC(=O)O[C@H](C)CCc1ccc([N+](=O)[O-])cc1. The zero-order chi connectivity index (χ0) is 12.8. The minimum absolute atomic E-state index is 0.0850. The van der Waals surface area contributed by atoms with Crippen LogP contribution in [-0.2, 0) is 16.0 Å². The highest BCUT2D eigenvalue weighted by Crippen LogP contribution is 2.14. The average molecular weight is 237 g/mol. The van der Waals surface area contributed by atoms with Crippen LogP contribution in [0, 0.1) is 10.1 Å². The number of carbonyl (C=O) groups excluding carboxylic acids is 1. The standard InChI is InChI=1S/C12H15NO4/c1-9(17-10(2)14)3-4-11-5-7-12(8-6-11)13(15)16/h5-9H,3-4H2,1-2H3/t9-/m1/s1. The lowest BCUT2D eigenvalue weighted by Crippen LogP contribution is -2.12. The normalized spacial score (nSPS) is 11.9. The van der Waals surface area contributed by atoms with E-state index in [1.54, 1.807) is 12.1 Å². The molecule has 0 radical (unpaired) electrons. The van der Waals surface area contributed by atoms with Crippen molar-refractivity contribution in [1.82, 2.24) is 0 Å². The molecule has 1 atom stereocenters. The van der Waals surface area contributed by atoms with Crippen molar-refractivity contribution in [1.29, 1.82) is 0 Å². The Morgan fingerprint density at radius 2 is 2.00 bits per heavy atom. The van der Waals surface area contributed by atoms with Crippen LogP contribution in [0.2, 0.25) is 0 Å². The monoisotopic (exact) mass is 237 g/mol. The Hall–Kier alpha value is -1.91. The summed E-state index contributed by atoms with van der Waals surface area (Å²) in [7, 11) is 0. The van der Waals surface area contributed by atoms with Crippen LogP contribution in [0.3, 0.4) is 0 Å². The van der Waals surface area contributed by atoms with Gasteiger partial charge in [-0.2, -0.15) is 0 Å². The maximum absolute atomic E-state index is 10.7. The number of esters is 1. The van der Waals surface area contributed by atoms with Gasteiger partial charge in [0.25, 0.3) is 5.69 Å². The Balaban J connectivity index is 2.47. The fourth-order valence-corrected chi connectivity index (χ4v) is 1.50. The molecule has 0 unspecified atom stereocenters. The van der Waals surface area contributed by atoms with E-state index in [1.165, 1.54) is 19.1 Å². The highest BCUT2D eigenvalue weighted by molar-refractivity contribution is 5.66. The van der Waals surface area contributed by atoms with Crippen LogP contribution in [0.25, 0.3) is 0 Å². The van der Waals surface area contributed by atoms with Crippen molar-refractivity contribution in [3.63, 3.8) is 0 Å². The molecule has 1 aromatic carbocycles. The summed E-state index contributed by atoms with van der Waals surface area (Å²) >= 11 is 0. The number of nitro benzene ring substituents is 1. The van der Waals surface area contributed by atoms with Gasteiger partial charge in [0.15, 0.2) is 0 Å². The van der Waals surface area contributed by atoms with Gasteiger partial charge in [0.05, 0.1) is 11.0 Å². The number of non-ortho nitro benzene ring substituents is 1. The van der Waals surface area contributed by atoms with Gasteiger partial charge < -0.3 is 4.74 Å². The smallest absolute Gasteiger partial charge is 0.302 e. The summed E-state index contributed by atoms with van der Waals surface area (Å²) in [6.45, 7) is 3.20. The lowest BCUT2D eigenvalue weighted by molar-refractivity contribution is -0.384. The molecule has 0 heterocycles. The van der Waals surface area contributed by atoms with Gasteiger partial charge in [-0.05, 0) is 25.3 Å². The molecule has 0 aliphatic rings. The van der Waals surface area contributed by atoms with Crippen molar-refractivity contribution in [2.24, 2.45) is 0 Å². The number of carbonyl (C=O) groups is 1. The van der Waals surface area contributed by atoms with Gasteiger partial charge in [-0.25, -0.2) is 0 Å². The summed E-state index contributed by atoms with van der Waals surface area (Å²) < 4.78 is 4.99. The van der Waals surface area contributed by atoms with Gasteiger partial charge in [-0.3, -0.25) is 14.9 Å². The zero-order valence-corrected chi connectivity index (χ0v) is 9.88. The topological polar surface area (TPSA) is 69.4 Å². The first-order valence-corrected chi connectivity index (χ1v) is 5.39. The zero-order valence-electron chi connectivity index (χ0n) is 9.88. The summed E-state index contributed by atoms with van der Waals surface area (Å²) in [5.41, 5.74) is 1.08. The fourth-order valence-electron chi connectivity index (χ4n) is 1.50. The Kier molecular flexibility index (Phi) is 4.63. The molecule has 1 rings (SSSR count). The van der Waals surface area contributed by atoms with Crippen LogP contribution in [0.1, 0.15) is 25.8 Å². The molecular formula is C12H15NO4. The molecule has 5 nitrogen and oxygen atoms in total. The third-order valence-electron chi connectivity index (χ3n) is 2.35. The van der Waals surface area contributed by atoms with E-state index in [-0.39, 0.29) is 17.8 Å². The highest BCUT2D eigenvalue weighted by Gasteiger charge is 2.07. The minimum atomic E-state index is -0.425. The van der Waals surface area contributed by atoms with E-state index in [4.69, 9.17) is 4.74 Å². The van der Waals surface area contributed by atoms with Gasteiger partial charge in [0.2, 0.25) is 0 Å². The number of hydrogen-bond donors (Lipinski definition) is 0. The lowest BCUT2D eigenvalue weighted by Gasteiger charge is -2.11. The van der Waals surface area contributed by atoms with Gasteiger partial charge in [-0.1, -0.05) is 12.1 Å². The lowest BCUT2D eigenvalue weighted by atomic mass is 10.1. The highest BCUT2D eigenvalue weighted by atomic mass is 16.6. The van der Waals surface area contributed by atoms with Gasteiger partial charge in [0, 0.05) is 19.1 Å². The molecule has 0 saturated carbocycles. The molecule has 17 heavy (non-hydrogen) atoms. The van der Waals surface area contributed by atoms with Crippen molar-refractivity contribution in [3.05, 3.63) is 39.9 Å². The van der Waals surface area contributed by atoms with E-state index in [1.807, 2.05) is 6.92 Å². The maximum Gasteiger partial charge on any atom is 0.302 e. The first-order chi connectivity index (χ1) is 7.99. The van der Waals surface area contributed by atoms with E-state index in [0.29, 0.717) is 6.42 Å². The number of ether oxygens (including phenoxy) is 1. The Morgan fingerprint density at radius 1 is 1.41 bits per heavy atom. The maximum atomic E-state index is 10.7. The van der Waals surface area contributed by atoms with Crippen molar-refractivity contribution < 1.29 is 14.5 Å². The summed E-state index contributed by atoms with van der Waals surface area (Å²) in [6.07, 6.45) is 1.30. The molecule has 0 spiro atoms. The van der Waals surface area contributed by atoms with E-state index in [9.17, 15) is 14.9 Å². The third-order valence-corrected chi connectivity index (χ3v) is 2.35. The fraction of sp³-hybridized carbons (Fsp3) is 0.417. The molecule has 0 aliphatic heterocycles. The van der Waals surface area contributed by atoms with Crippen molar-refractivity contribution in [3.8, 4) is 0 Å². The average Bonchev–Trinajstić information content (AvgIpc) is 2.26. The van der Waals surface area contributed by atoms with Crippen LogP contribution >= 0.6 is 0 Å². The predicted octanol–water partition coefficient (Wildman–Crippen LogP) is 2.48. The number of rotatable bonds is 5. The second-order valence-corrected chi connectivity index (χ2v) is 3.88. The Morgan fingerprint density at radius 3 is 2.47 bits per heavy atom. The molecule has 5 heteroatoms. The number of nitro groups is 1. The molecule has 92 valence electrons. The van der Waals surface area contributed by atoms with Crippen LogP contribution in [0.15, 0.2) is 24.3 Å². The Labute approximate surface area is 99.5 Å². The first kappa shape index (κ1) is 13.2. The Bertz CT molecular complexity index is 399. The van der Waals surface area contributed by atoms with Crippen LogP contribution in [0.4, 0.5) is 5.69 Å².